The second-order valence-electron chi connectivity index (χ2n) is 4.41. The minimum Gasteiger partial charge on any atom is -0.465 e. The molecule has 0 fully saturated rings. The van der Waals surface area contributed by atoms with E-state index in [2.05, 4.69) is 17.6 Å². The molecule has 0 saturated heterocycles. The highest BCUT2D eigenvalue weighted by Crippen LogP contribution is 2.11. The van der Waals surface area contributed by atoms with Crippen LogP contribution in [0.15, 0.2) is 24.3 Å². The van der Waals surface area contributed by atoms with E-state index in [1.54, 1.807) is 6.92 Å². The summed E-state index contributed by atoms with van der Waals surface area (Å²) in [6.07, 6.45) is 3.37. The zero-order valence-electron chi connectivity index (χ0n) is 12.1. The summed E-state index contributed by atoms with van der Waals surface area (Å²) in [5, 5.41) is 5.10. The van der Waals surface area contributed by atoms with Gasteiger partial charge in [0, 0.05) is 5.69 Å². The van der Waals surface area contributed by atoms with Crippen LogP contribution >= 0.6 is 0 Å². The Bertz CT molecular complexity index is 429. The van der Waals surface area contributed by atoms with E-state index >= 15 is 0 Å². The van der Waals surface area contributed by atoms with E-state index in [1.165, 1.54) is 5.56 Å². The molecule has 0 aliphatic carbocycles. The Morgan fingerprint density at radius 2 is 1.85 bits per heavy atom. The summed E-state index contributed by atoms with van der Waals surface area (Å²) >= 11 is 0. The third-order valence-electron chi connectivity index (χ3n) is 2.73. The van der Waals surface area contributed by atoms with Crippen molar-refractivity contribution in [3.05, 3.63) is 29.8 Å². The van der Waals surface area contributed by atoms with Crippen molar-refractivity contribution in [2.24, 2.45) is 0 Å². The maximum atomic E-state index is 11.5. The number of hydrogen-bond donors (Lipinski definition) is 2. The van der Waals surface area contributed by atoms with Crippen molar-refractivity contribution >= 4 is 17.7 Å². The van der Waals surface area contributed by atoms with Crippen LogP contribution in [0.5, 0.6) is 0 Å². The Balaban J connectivity index is 2.36. The second kappa shape index (κ2) is 8.96. The number of unbranched alkanes of at least 4 members (excludes halogenated alkanes) is 1. The lowest BCUT2D eigenvalue weighted by atomic mass is 10.1. The first-order valence-electron chi connectivity index (χ1n) is 6.95. The average molecular weight is 278 g/mol. The van der Waals surface area contributed by atoms with Gasteiger partial charge in [0.25, 0.3) is 0 Å². The van der Waals surface area contributed by atoms with Gasteiger partial charge in [0.1, 0.15) is 6.54 Å². The summed E-state index contributed by atoms with van der Waals surface area (Å²) in [5.74, 6) is -0.447. The van der Waals surface area contributed by atoms with E-state index in [-0.39, 0.29) is 6.54 Å². The number of esters is 1. The largest absolute Gasteiger partial charge is 0.465 e. The van der Waals surface area contributed by atoms with Crippen LogP contribution in [0.2, 0.25) is 0 Å². The zero-order chi connectivity index (χ0) is 14.8. The number of benzene rings is 1. The summed E-state index contributed by atoms with van der Waals surface area (Å²) in [5.41, 5.74) is 1.95. The van der Waals surface area contributed by atoms with Gasteiger partial charge in [0.05, 0.1) is 6.61 Å². The molecule has 0 saturated carbocycles. The number of urea groups is 1. The molecule has 0 spiro atoms. The summed E-state index contributed by atoms with van der Waals surface area (Å²) in [6.45, 7) is 4.05. The molecule has 1 aromatic rings. The Hall–Kier alpha value is -2.04. The smallest absolute Gasteiger partial charge is 0.325 e. The number of rotatable bonds is 7. The van der Waals surface area contributed by atoms with Gasteiger partial charge in [-0.1, -0.05) is 25.5 Å². The molecule has 0 bridgehead atoms. The predicted octanol–water partition coefficient (Wildman–Crippen LogP) is 2.71. The first kappa shape index (κ1) is 16.0. The number of amides is 2. The molecule has 5 heteroatoms. The highest BCUT2D eigenvalue weighted by atomic mass is 16.5. The van der Waals surface area contributed by atoms with Gasteiger partial charge in [-0.15, -0.1) is 0 Å². The van der Waals surface area contributed by atoms with Crippen LogP contribution in [0.25, 0.3) is 0 Å². The third-order valence-corrected chi connectivity index (χ3v) is 2.73. The van der Waals surface area contributed by atoms with Crippen molar-refractivity contribution < 1.29 is 14.3 Å². The van der Waals surface area contributed by atoms with E-state index in [1.807, 2.05) is 24.3 Å². The Kier molecular flexibility index (Phi) is 7.17. The highest BCUT2D eigenvalue weighted by molar-refractivity contribution is 5.91. The number of anilines is 1. The Morgan fingerprint density at radius 3 is 2.45 bits per heavy atom. The summed E-state index contributed by atoms with van der Waals surface area (Å²) in [6, 6.07) is 7.29. The minimum absolute atomic E-state index is 0.131. The Morgan fingerprint density at radius 1 is 1.15 bits per heavy atom. The molecule has 0 heterocycles. The van der Waals surface area contributed by atoms with Crippen molar-refractivity contribution in [2.75, 3.05) is 18.5 Å². The van der Waals surface area contributed by atoms with E-state index in [9.17, 15) is 9.59 Å². The lowest BCUT2D eigenvalue weighted by Gasteiger charge is -2.08. The molecule has 2 amide bonds. The molecule has 2 N–H and O–H groups in total. The number of carbonyl (C=O) groups is 2. The first-order chi connectivity index (χ1) is 9.65. The molecule has 110 valence electrons. The molecule has 5 nitrogen and oxygen atoms in total. The molecule has 0 atom stereocenters. The van der Waals surface area contributed by atoms with Gasteiger partial charge in [-0.2, -0.15) is 0 Å². The van der Waals surface area contributed by atoms with Crippen LogP contribution in [0.1, 0.15) is 32.3 Å². The van der Waals surface area contributed by atoms with Crippen molar-refractivity contribution in [1.29, 1.82) is 0 Å². The zero-order valence-corrected chi connectivity index (χ0v) is 12.1. The van der Waals surface area contributed by atoms with E-state index in [0.29, 0.717) is 12.3 Å². The van der Waals surface area contributed by atoms with Gasteiger partial charge in [-0.05, 0) is 37.5 Å². The summed E-state index contributed by atoms with van der Waals surface area (Å²) in [7, 11) is 0. The maximum Gasteiger partial charge on any atom is 0.325 e. The fraction of sp³-hybridized carbons (Fsp3) is 0.467. The van der Waals surface area contributed by atoms with Crippen molar-refractivity contribution in [3.63, 3.8) is 0 Å². The van der Waals surface area contributed by atoms with Gasteiger partial charge < -0.3 is 15.4 Å². The second-order valence-corrected chi connectivity index (χ2v) is 4.41. The number of aryl methyl sites for hydroxylation is 1. The fourth-order valence-electron chi connectivity index (χ4n) is 1.68. The maximum absolute atomic E-state index is 11.5. The van der Waals surface area contributed by atoms with E-state index in [0.717, 1.165) is 19.3 Å². The quantitative estimate of drug-likeness (QED) is 0.754. The Labute approximate surface area is 119 Å². The summed E-state index contributed by atoms with van der Waals surface area (Å²) < 4.78 is 4.71. The SMILES string of the molecule is CCCCc1ccc(NC(=O)NCC(=O)OCC)cc1. The van der Waals surface area contributed by atoms with Gasteiger partial charge in [0.2, 0.25) is 0 Å². The third kappa shape index (κ3) is 6.22. The van der Waals surface area contributed by atoms with Gasteiger partial charge in [0.15, 0.2) is 0 Å². The molecule has 0 aliphatic rings. The number of carbonyl (C=O) groups excluding carboxylic acids is 2. The topological polar surface area (TPSA) is 67.4 Å². The van der Waals surface area contributed by atoms with Crippen molar-refractivity contribution in [1.82, 2.24) is 5.32 Å². The monoisotopic (exact) mass is 278 g/mol. The summed E-state index contributed by atoms with van der Waals surface area (Å²) in [4.78, 5) is 22.6. The van der Waals surface area contributed by atoms with Crippen molar-refractivity contribution in [2.45, 2.75) is 33.1 Å². The van der Waals surface area contributed by atoms with Crippen molar-refractivity contribution in [3.8, 4) is 0 Å². The number of hydrogen-bond acceptors (Lipinski definition) is 3. The highest BCUT2D eigenvalue weighted by Gasteiger charge is 2.05. The van der Waals surface area contributed by atoms with Crippen LogP contribution in [0.4, 0.5) is 10.5 Å². The molecule has 1 aromatic carbocycles. The molecule has 0 unspecified atom stereocenters. The molecule has 20 heavy (non-hydrogen) atoms. The van der Waals surface area contributed by atoms with Gasteiger partial charge >= 0.3 is 12.0 Å². The molecule has 1 rings (SSSR count). The van der Waals surface area contributed by atoms with E-state index in [4.69, 9.17) is 4.74 Å². The molecule has 0 aromatic heterocycles. The molecular formula is C15H22N2O3. The van der Waals surface area contributed by atoms with Crippen LogP contribution in [-0.4, -0.2) is 25.2 Å². The van der Waals surface area contributed by atoms with Crippen LogP contribution in [0, 0.1) is 0 Å². The van der Waals surface area contributed by atoms with Gasteiger partial charge in [-0.3, -0.25) is 4.79 Å². The normalized spacial score (nSPS) is 9.90. The standard InChI is InChI=1S/C15H22N2O3/c1-3-5-6-12-7-9-13(10-8-12)17-15(19)16-11-14(18)20-4-2/h7-10H,3-6,11H2,1-2H3,(H2,16,17,19). The fourth-order valence-corrected chi connectivity index (χ4v) is 1.68. The molecule has 0 radical (unpaired) electrons. The lowest BCUT2D eigenvalue weighted by Crippen LogP contribution is -2.34. The molecular weight excluding hydrogens is 256 g/mol. The van der Waals surface area contributed by atoms with E-state index < -0.39 is 12.0 Å². The van der Waals surface area contributed by atoms with Crippen LogP contribution < -0.4 is 10.6 Å². The predicted molar refractivity (Wildman–Crippen MR) is 78.7 cm³/mol. The first-order valence-corrected chi connectivity index (χ1v) is 6.95. The number of nitrogens with one attached hydrogen (secondary N) is 2. The minimum atomic E-state index is -0.447. The number of ether oxygens (including phenoxy) is 1. The van der Waals surface area contributed by atoms with Gasteiger partial charge in [-0.25, -0.2) is 4.79 Å². The van der Waals surface area contributed by atoms with Crippen LogP contribution in [0.3, 0.4) is 0 Å². The average Bonchev–Trinajstić information content (AvgIpc) is 2.45. The molecule has 0 aliphatic heterocycles. The lowest BCUT2D eigenvalue weighted by molar-refractivity contribution is -0.141. The van der Waals surface area contributed by atoms with Crippen LogP contribution in [-0.2, 0) is 16.0 Å².